The molecule has 0 aliphatic carbocycles. The maximum absolute atomic E-state index is 12.4. The molecule has 0 saturated carbocycles. The second kappa shape index (κ2) is 8.99. The smallest absolute Gasteiger partial charge is 0.253 e. The van der Waals surface area contributed by atoms with Crippen molar-refractivity contribution in [2.75, 3.05) is 19.0 Å². The molecule has 0 saturated heterocycles. The summed E-state index contributed by atoms with van der Waals surface area (Å²) in [4.78, 5) is 22.8. The second-order valence-corrected chi connectivity index (χ2v) is 6.66. The van der Waals surface area contributed by atoms with E-state index in [-0.39, 0.29) is 12.0 Å². The van der Waals surface area contributed by atoms with E-state index in [9.17, 15) is 4.79 Å². The van der Waals surface area contributed by atoms with Crippen molar-refractivity contribution in [2.24, 2.45) is 0 Å². The summed E-state index contributed by atoms with van der Waals surface area (Å²) in [6, 6.07) is 17.2. The normalized spacial score (nSPS) is 11.5. The minimum Gasteiger partial charge on any atom is -0.470 e. The number of hydrogen-bond acceptors (Lipinski definition) is 5. The Balaban J connectivity index is 1.57. The summed E-state index contributed by atoms with van der Waals surface area (Å²) in [7, 11) is 3.86. The Labute approximate surface area is 165 Å². The number of anilines is 1. The van der Waals surface area contributed by atoms with Crippen LogP contribution in [-0.4, -0.2) is 30.0 Å². The van der Waals surface area contributed by atoms with Crippen LogP contribution >= 0.6 is 0 Å². The lowest BCUT2D eigenvalue weighted by Crippen LogP contribution is -2.23. The standard InChI is InChI=1S/C22H24N4O2/c1-16(18-7-5-4-6-8-18)28-21-10-9-19(15-24-21)22(27)25-14-17-11-12-23-20(13-17)26(2)3/h4-13,15-16H,14H2,1-3H3,(H,25,27). The summed E-state index contributed by atoms with van der Waals surface area (Å²) >= 11 is 0. The average Bonchev–Trinajstić information content (AvgIpc) is 2.73. The average molecular weight is 376 g/mol. The zero-order chi connectivity index (χ0) is 19.9. The zero-order valence-electron chi connectivity index (χ0n) is 16.3. The number of benzene rings is 1. The van der Waals surface area contributed by atoms with Crippen molar-refractivity contribution in [2.45, 2.75) is 19.6 Å². The molecular weight excluding hydrogens is 352 g/mol. The van der Waals surface area contributed by atoms with Gasteiger partial charge in [0.15, 0.2) is 0 Å². The first kappa shape index (κ1) is 19.4. The quantitative estimate of drug-likeness (QED) is 0.682. The molecule has 1 amide bonds. The molecule has 1 unspecified atom stereocenters. The van der Waals surface area contributed by atoms with E-state index in [1.165, 1.54) is 6.20 Å². The molecule has 2 aromatic heterocycles. The van der Waals surface area contributed by atoms with Crippen LogP contribution in [0.2, 0.25) is 0 Å². The lowest BCUT2D eigenvalue weighted by atomic mass is 10.1. The summed E-state index contributed by atoms with van der Waals surface area (Å²) in [5, 5.41) is 2.90. The van der Waals surface area contributed by atoms with Crippen LogP contribution in [0.5, 0.6) is 5.88 Å². The summed E-state index contributed by atoms with van der Waals surface area (Å²) in [5.41, 5.74) is 2.54. The molecule has 0 aliphatic heterocycles. The van der Waals surface area contributed by atoms with E-state index in [4.69, 9.17) is 4.74 Å². The van der Waals surface area contributed by atoms with Crippen LogP contribution in [0.3, 0.4) is 0 Å². The lowest BCUT2D eigenvalue weighted by Gasteiger charge is -2.14. The Morgan fingerprint density at radius 1 is 1.11 bits per heavy atom. The highest BCUT2D eigenvalue weighted by molar-refractivity contribution is 5.93. The zero-order valence-corrected chi connectivity index (χ0v) is 16.3. The molecule has 0 radical (unpaired) electrons. The van der Waals surface area contributed by atoms with Crippen molar-refractivity contribution in [1.29, 1.82) is 0 Å². The van der Waals surface area contributed by atoms with Gasteiger partial charge in [0.2, 0.25) is 5.88 Å². The third kappa shape index (κ3) is 5.07. The molecule has 144 valence electrons. The number of carbonyl (C=O) groups excluding carboxylic acids is 1. The second-order valence-electron chi connectivity index (χ2n) is 6.66. The number of carbonyl (C=O) groups is 1. The van der Waals surface area contributed by atoms with Crippen LogP contribution in [0.25, 0.3) is 0 Å². The van der Waals surface area contributed by atoms with E-state index in [1.54, 1.807) is 18.3 Å². The summed E-state index contributed by atoms with van der Waals surface area (Å²) in [5.74, 6) is 1.15. The van der Waals surface area contributed by atoms with Crippen LogP contribution in [0.4, 0.5) is 5.82 Å². The van der Waals surface area contributed by atoms with Crippen molar-refractivity contribution in [3.63, 3.8) is 0 Å². The maximum atomic E-state index is 12.4. The predicted octanol–water partition coefficient (Wildman–Crippen LogP) is 3.61. The number of amides is 1. The highest BCUT2D eigenvalue weighted by Crippen LogP contribution is 2.19. The van der Waals surface area contributed by atoms with Crippen LogP contribution in [0.1, 0.15) is 34.5 Å². The summed E-state index contributed by atoms with van der Waals surface area (Å²) < 4.78 is 5.85. The number of ether oxygens (including phenoxy) is 1. The van der Waals surface area contributed by atoms with Crippen molar-refractivity contribution in [3.8, 4) is 5.88 Å². The van der Waals surface area contributed by atoms with Crippen LogP contribution in [0.15, 0.2) is 67.0 Å². The third-order valence-corrected chi connectivity index (χ3v) is 4.29. The molecule has 3 rings (SSSR count). The Hall–Kier alpha value is -3.41. The number of pyridine rings is 2. The van der Waals surface area contributed by atoms with Gasteiger partial charge < -0.3 is 15.0 Å². The first-order valence-electron chi connectivity index (χ1n) is 9.11. The highest BCUT2D eigenvalue weighted by atomic mass is 16.5. The minimum atomic E-state index is -0.182. The van der Waals surface area contributed by atoms with Gasteiger partial charge in [-0.25, -0.2) is 9.97 Å². The van der Waals surface area contributed by atoms with E-state index in [0.29, 0.717) is 18.0 Å². The van der Waals surface area contributed by atoms with Gasteiger partial charge in [0.1, 0.15) is 11.9 Å². The predicted molar refractivity (Wildman–Crippen MR) is 109 cm³/mol. The van der Waals surface area contributed by atoms with Crippen LogP contribution < -0.4 is 15.0 Å². The number of nitrogens with one attached hydrogen (secondary N) is 1. The molecule has 1 atom stereocenters. The van der Waals surface area contributed by atoms with Crippen molar-refractivity contribution < 1.29 is 9.53 Å². The van der Waals surface area contributed by atoms with Gasteiger partial charge in [-0.05, 0) is 36.2 Å². The molecule has 6 heteroatoms. The van der Waals surface area contributed by atoms with E-state index in [0.717, 1.165) is 16.9 Å². The molecule has 1 N–H and O–H groups in total. The summed E-state index contributed by atoms with van der Waals surface area (Å²) in [6.07, 6.45) is 3.14. The molecule has 2 heterocycles. The van der Waals surface area contributed by atoms with Crippen molar-refractivity contribution in [3.05, 3.63) is 83.7 Å². The van der Waals surface area contributed by atoms with Gasteiger partial charge in [-0.1, -0.05) is 30.3 Å². The number of rotatable bonds is 7. The third-order valence-electron chi connectivity index (χ3n) is 4.29. The van der Waals surface area contributed by atoms with Crippen LogP contribution in [0, 0.1) is 0 Å². The lowest BCUT2D eigenvalue weighted by molar-refractivity contribution is 0.0950. The van der Waals surface area contributed by atoms with Gasteiger partial charge >= 0.3 is 0 Å². The fourth-order valence-electron chi connectivity index (χ4n) is 2.66. The first-order valence-corrected chi connectivity index (χ1v) is 9.11. The molecule has 6 nitrogen and oxygen atoms in total. The Morgan fingerprint density at radius 2 is 1.89 bits per heavy atom. The molecule has 0 aliphatic rings. The van der Waals surface area contributed by atoms with Gasteiger partial charge in [-0.3, -0.25) is 4.79 Å². The van der Waals surface area contributed by atoms with Crippen LogP contribution in [-0.2, 0) is 6.54 Å². The SMILES string of the molecule is CC(Oc1ccc(C(=O)NCc2ccnc(N(C)C)c2)cn1)c1ccccc1. The molecule has 1 aromatic carbocycles. The molecule has 0 fully saturated rings. The first-order chi connectivity index (χ1) is 13.5. The fraction of sp³-hybridized carbons (Fsp3) is 0.227. The number of aromatic nitrogens is 2. The number of nitrogens with zero attached hydrogens (tertiary/aromatic N) is 3. The monoisotopic (exact) mass is 376 g/mol. The minimum absolute atomic E-state index is 0.119. The van der Waals surface area contributed by atoms with E-state index >= 15 is 0 Å². The number of hydrogen-bond donors (Lipinski definition) is 1. The van der Waals surface area contributed by atoms with Gasteiger partial charge in [0.05, 0.1) is 5.56 Å². The fourth-order valence-corrected chi connectivity index (χ4v) is 2.66. The molecular formula is C22H24N4O2. The topological polar surface area (TPSA) is 67.3 Å². The van der Waals surface area contributed by atoms with Gasteiger partial charge in [-0.15, -0.1) is 0 Å². The molecule has 3 aromatic rings. The van der Waals surface area contributed by atoms with Crippen molar-refractivity contribution in [1.82, 2.24) is 15.3 Å². The Morgan fingerprint density at radius 3 is 2.57 bits per heavy atom. The maximum Gasteiger partial charge on any atom is 0.253 e. The van der Waals surface area contributed by atoms with E-state index in [1.807, 2.05) is 68.4 Å². The molecule has 0 spiro atoms. The highest BCUT2D eigenvalue weighted by Gasteiger charge is 2.10. The Bertz CT molecular complexity index is 911. The Kier molecular flexibility index (Phi) is 6.22. The van der Waals surface area contributed by atoms with E-state index in [2.05, 4.69) is 15.3 Å². The van der Waals surface area contributed by atoms with Gasteiger partial charge in [-0.2, -0.15) is 0 Å². The van der Waals surface area contributed by atoms with Gasteiger partial charge in [0, 0.05) is 39.1 Å². The summed E-state index contributed by atoms with van der Waals surface area (Å²) in [6.45, 7) is 2.39. The molecule has 0 bridgehead atoms. The largest absolute Gasteiger partial charge is 0.470 e. The van der Waals surface area contributed by atoms with Gasteiger partial charge in [0.25, 0.3) is 5.91 Å². The van der Waals surface area contributed by atoms with Crippen molar-refractivity contribution >= 4 is 11.7 Å². The van der Waals surface area contributed by atoms with E-state index < -0.39 is 0 Å². The molecule has 28 heavy (non-hydrogen) atoms.